The van der Waals surface area contributed by atoms with Crippen molar-refractivity contribution in [3.63, 3.8) is 0 Å². The van der Waals surface area contributed by atoms with Gasteiger partial charge in [-0.25, -0.2) is 18.4 Å². The minimum absolute atomic E-state index is 0.0863. The third kappa shape index (κ3) is 2.85. The fraction of sp³-hybridized carbons (Fsp3) is 0.267. The van der Waals surface area contributed by atoms with Crippen LogP contribution >= 0.6 is 0 Å². The summed E-state index contributed by atoms with van der Waals surface area (Å²) in [6.45, 7) is 1.09. The molecule has 0 aliphatic rings. The maximum atomic E-state index is 13.0. The monoisotopic (exact) mass is 319 g/mol. The first-order chi connectivity index (χ1) is 10.9. The molecule has 0 amide bonds. The molecule has 23 heavy (non-hydrogen) atoms. The number of rotatable bonds is 4. The molecule has 1 atom stereocenters. The number of fused-ring (bicyclic) bond motifs is 1. The highest BCUT2D eigenvalue weighted by Gasteiger charge is 2.34. The van der Waals surface area contributed by atoms with Crippen LogP contribution in [0.1, 0.15) is 12.6 Å². The van der Waals surface area contributed by atoms with Crippen LogP contribution in [0.2, 0.25) is 0 Å². The molecule has 3 N–H and O–H groups in total. The summed E-state index contributed by atoms with van der Waals surface area (Å²) >= 11 is 0. The molecule has 120 valence electrons. The van der Waals surface area contributed by atoms with Gasteiger partial charge < -0.3 is 10.8 Å². The number of aliphatic hydroxyl groups is 1. The Morgan fingerprint density at radius 1 is 1.30 bits per heavy atom. The zero-order valence-corrected chi connectivity index (χ0v) is 12.3. The van der Waals surface area contributed by atoms with Crippen molar-refractivity contribution >= 4 is 16.9 Å². The van der Waals surface area contributed by atoms with Gasteiger partial charge in [0.1, 0.15) is 5.60 Å². The van der Waals surface area contributed by atoms with Crippen LogP contribution in [-0.2, 0) is 6.42 Å². The number of nitrogen functional groups attached to an aromatic ring is 1. The average molecular weight is 319 g/mol. The lowest BCUT2D eigenvalue weighted by atomic mass is 9.99. The predicted molar refractivity (Wildman–Crippen MR) is 81.4 cm³/mol. The fourth-order valence-electron chi connectivity index (χ4n) is 2.33. The number of para-hydroxylation sites is 1. The van der Waals surface area contributed by atoms with E-state index in [4.69, 9.17) is 5.73 Å². The number of nitrogens with zero attached hydrogens (tertiary/aromatic N) is 4. The number of hydrogen-bond donors (Lipinski definition) is 2. The van der Waals surface area contributed by atoms with Crippen molar-refractivity contribution in [1.29, 1.82) is 0 Å². The van der Waals surface area contributed by atoms with Crippen molar-refractivity contribution in [2.75, 3.05) is 5.73 Å². The Kier molecular flexibility index (Phi) is 3.69. The van der Waals surface area contributed by atoms with Gasteiger partial charge in [-0.15, -0.1) is 0 Å². The number of halogens is 2. The van der Waals surface area contributed by atoms with Crippen LogP contribution in [-0.4, -0.2) is 36.9 Å². The van der Waals surface area contributed by atoms with Crippen molar-refractivity contribution in [2.45, 2.75) is 25.4 Å². The number of hydrogen-bond acceptors (Lipinski definition) is 5. The van der Waals surface area contributed by atoms with Crippen molar-refractivity contribution in [2.24, 2.45) is 0 Å². The second kappa shape index (κ2) is 5.54. The molecule has 0 spiro atoms. The molecule has 0 saturated heterocycles. The van der Waals surface area contributed by atoms with Gasteiger partial charge in [-0.2, -0.15) is 10.1 Å². The minimum atomic E-state index is -2.87. The Morgan fingerprint density at radius 3 is 2.74 bits per heavy atom. The zero-order valence-electron chi connectivity index (χ0n) is 12.3. The Hall–Kier alpha value is -2.61. The molecule has 2 heterocycles. The summed E-state index contributed by atoms with van der Waals surface area (Å²) in [6.07, 6.45) is -1.66. The van der Waals surface area contributed by atoms with Gasteiger partial charge in [0.15, 0.2) is 5.82 Å². The van der Waals surface area contributed by atoms with Gasteiger partial charge in [0.05, 0.1) is 11.2 Å². The van der Waals surface area contributed by atoms with Crippen LogP contribution in [0.5, 0.6) is 0 Å². The van der Waals surface area contributed by atoms with E-state index in [-0.39, 0.29) is 12.4 Å². The number of anilines is 1. The van der Waals surface area contributed by atoms with Gasteiger partial charge in [-0.05, 0) is 13.0 Å². The van der Waals surface area contributed by atoms with Crippen LogP contribution in [0, 0.1) is 0 Å². The Bertz CT molecular complexity index is 847. The largest absolute Gasteiger partial charge is 0.384 e. The Labute approximate surface area is 130 Å². The number of nitrogens with two attached hydrogens (primary N) is 1. The van der Waals surface area contributed by atoms with E-state index in [1.54, 1.807) is 30.3 Å². The van der Waals surface area contributed by atoms with Gasteiger partial charge in [0, 0.05) is 24.1 Å². The maximum absolute atomic E-state index is 13.0. The minimum Gasteiger partial charge on any atom is -0.384 e. The molecule has 0 fully saturated rings. The Balaban J connectivity index is 2.14. The second-order valence-corrected chi connectivity index (χ2v) is 5.48. The summed E-state index contributed by atoms with van der Waals surface area (Å²) < 4.78 is 27.4. The van der Waals surface area contributed by atoms with E-state index in [0.29, 0.717) is 22.4 Å². The SMILES string of the molecule is CC(O)(Cc1nn(-c2ccnc(N)n2)c2ccccc12)C(F)F. The molecule has 0 bridgehead atoms. The highest BCUT2D eigenvalue weighted by atomic mass is 19.3. The van der Waals surface area contributed by atoms with Gasteiger partial charge in [-0.3, -0.25) is 0 Å². The summed E-state index contributed by atoms with van der Waals surface area (Å²) in [5.74, 6) is 0.514. The van der Waals surface area contributed by atoms with Crippen LogP contribution in [0.25, 0.3) is 16.7 Å². The average Bonchev–Trinajstić information content (AvgIpc) is 2.86. The van der Waals surface area contributed by atoms with Gasteiger partial charge in [0.25, 0.3) is 6.43 Å². The molecule has 6 nitrogen and oxygen atoms in total. The van der Waals surface area contributed by atoms with Crippen molar-refractivity contribution < 1.29 is 13.9 Å². The molecule has 0 saturated carbocycles. The van der Waals surface area contributed by atoms with E-state index in [1.807, 2.05) is 0 Å². The van der Waals surface area contributed by atoms with E-state index in [2.05, 4.69) is 15.1 Å². The summed E-state index contributed by atoms with van der Waals surface area (Å²) in [4.78, 5) is 7.92. The van der Waals surface area contributed by atoms with Crippen molar-refractivity contribution in [3.05, 3.63) is 42.2 Å². The van der Waals surface area contributed by atoms with Crippen LogP contribution in [0.15, 0.2) is 36.5 Å². The van der Waals surface area contributed by atoms with Gasteiger partial charge >= 0.3 is 0 Å². The lowest BCUT2D eigenvalue weighted by molar-refractivity contribution is -0.0825. The lowest BCUT2D eigenvalue weighted by Gasteiger charge is -2.20. The number of benzene rings is 1. The van der Waals surface area contributed by atoms with E-state index >= 15 is 0 Å². The molecule has 3 rings (SSSR count). The molecule has 0 radical (unpaired) electrons. The normalized spacial score (nSPS) is 14.3. The molecule has 1 aromatic carbocycles. The number of alkyl halides is 2. The van der Waals surface area contributed by atoms with Crippen LogP contribution in [0.3, 0.4) is 0 Å². The summed E-state index contributed by atoms with van der Waals surface area (Å²) in [6, 6.07) is 8.76. The van der Waals surface area contributed by atoms with Gasteiger partial charge in [-0.1, -0.05) is 18.2 Å². The summed E-state index contributed by atoms with van der Waals surface area (Å²) in [5, 5.41) is 14.9. The maximum Gasteiger partial charge on any atom is 0.266 e. The Morgan fingerprint density at radius 2 is 2.04 bits per heavy atom. The first-order valence-electron chi connectivity index (χ1n) is 6.94. The summed E-state index contributed by atoms with van der Waals surface area (Å²) in [5.41, 5.74) is 4.48. The molecule has 8 heteroatoms. The van der Waals surface area contributed by atoms with Crippen LogP contribution < -0.4 is 5.73 Å². The third-order valence-corrected chi connectivity index (χ3v) is 3.54. The van der Waals surface area contributed by atoms with Crippen LogP contribution in [0.4, 0.5) is 14.7 Å². The van der Waals surface area contributed by atoms with Gasteiger partial charge in [0.2, 0.25) is 5.95 Å². The van der Waals surface area contributed by atoms with E-state index in [0.717, 1.165) is 6.92 Å². The smallest absolute Gasteiger partial charge is 0.266 e. The quantitative estimate of drug-likeness (QED) is 0.767. The lowest BCUT2D eigenvalue weighted by Crippen LogP contribution is -2.36. The fourth-order valence-corrected chi connectivity index (χ4v) is 2.33. The van der Waals surface area contributed by atoms with E-state index in [9.17, 15) is 13.9 Å². The molecule has 3 aromatic rings. The zero-order chi connectivity index (χ0) is 16.6. The number of aromatic nitrogens is 4. The topological polar surface area (TPSA) is 89.9 Å². The molecular weight excluding hydrogens is 304 g/mol. The predicted octanol–water partition coefficient (Wildman–Crippen LogP) is 1.96. The highest BCUT2D eigenvalue weighted by Crippen LogP contribution is 2.27. The molecule has 0 aliphatic carbocycles. The van der Waals surface area contributed by atoms with E-state index in [1.165, 1.54) is 10.9 Å². The second-order valence-electron chi connectivity index (χ2n) is 5.48. The van der Waals surface area contributed by atoms with E-state index < -0.39 is 12.0 Å². The standard InChI is InChI=1S/C15H15F2N5O/c1-15(23,13(16)17)8-10-9-4-2-3-5-11(9)22(21-10)12-6-7-19-14(18)20-12/h2-7,13,23H,8H2,1H3,(H2,18,19,20). The first kappa shape index (κ1) is 15.3. The first-order valence-corrected chi connectivity index (χ1v) is 6.94. The molecular formula is C15H15F2N5O. The van der Waals surface area contributed by atoms with Crippen molar-refractivity contribution in [3.8, 4) is 5.82 Å². The molecule has 1 unspecified atom stereocenters. The van der Waals surface area contributed by atoms with Crippen molar-refractivity contribution in [1.82, 2.24) is 19.7 Å². The molecule has 2 aromatic heterocycles. The molecule has 0 aliphatic heterocycles. The third-order valence-electron chi connectivity index (χ3n) is 3.54. The highest BCUT2D eigenvalue weighted by molar-refractivity contribution is 5.83. The summed E-state index contributed by atoms with van der Waals surface area (Å²) in [7, 11) is 0.